The summed E-state index contributed by atoms with van der Waals surface area (Å²) in [4.78, 5) is 49.3. The Morgan fingerprint density at radius 3 is 1.00 bits per heavy atom. The number of fused-ring (bicyclic) bond motifs is 21. The molecule has 0 radical (unpaired) electrons. The molecule has 0 aliphatic rings. The van der Waals surface area contributed by atoms with Gasteiger partial charge in [-0.1, -0.05) is 157 Å². The molecule has 0 saturated heterocycles. The maximum Gasteiger partial charge on any atom is 0.230 e. The van der Waals surface area contributed by atoms with Crippen molar-refractivity contribution < 1.29 is 30.9 Å². The Bertz CT molecular complexity index is 8850. The van der Waals surface area contributed by atoms with Crippen molar-refractivity contribution >= 4 is 155 Å². The van der Waals surface area contributed by atoms with E-state index in [1.807, 2.05) is 160 Å². The summed E-state index contributed by atoms with van der Waals surface area (Å²) in [6.45, 7) is 29.3. The van der Waals surface area contributed by atoms with Crippen LogP contribution in [0.25, 0.3) is 233 Å². The van der Waals surface area contributed by atoms with E-state index in [9.17, 15) is 0 Å². The highest BCUT2D eigenvalue weighted by molar-refractivity contribution is 6.11. The first-order valence-corrected chi connectivity index (χ1v) is 49.0. The third-order valence-corrected chi connectivity index (χ3v) is 27.2. The molecule has 0 N–H and O–H groups in total. The molecule has 147 heavy (non-hydrogen) atoms. The van der Waals surface area contributed by atoms with Crippen LogP contribution in [0.1, 0.15) is 77.9 Å². The normalized spacial score (nSPS) is 11.3. The van der Waals surface area contributed by atoms with Gasteiger partial charge in [-0.05, 0) is 334 Å². The molecule has 714 valence electrons. The molecule has 28 rings (SSSR count). The highest BCUT2D eigenvalue weighted by Crippen LogP contribution is 2.42. The smallest absolute Gasteiger partial charge is 0.230 e. The van der Waals surface area contributed by atoms with Crippen molar-refractivity contribution in [3.8, 4) is 78.8 Å². The lowest BCUT2D eigenvalue weighted by Crippen LogP contribution is -1.88. The van der Waals surface area contributed by atoms with Gasteiger partial charge in [0.1, 0.15) is 33.5 Å². The van der Waals surface area contributed by atoms with Crippen LogP contribution in [0, 0.1) is 96.9 Å². The third-order valence-electron chi connectivity index (χ3n) is 27.2. The van der Waals surface area contributed by atoms with Gasteiger partial charge >= 0.3 is 0 Å². The summed E-state index contributed by atoms with van der Waals surface area (Å²) in [6, 6.07) is 107. The van der Waals surface area contributed by atoms with Crippen molar-refractivity contribution in [1.29, 1.82) is 0 Å². The Hall–Kier alpha value is -18.6. The number of aromatic nitrogens is 11. The Morgan fingerprint density at radius 1 is 0.150 bits per heavy atom. The zero-order valence-electron chi connectivity index (χ0n) is 83.8. The van der Waals surface area contributed by atoms with Gasteiger partial charge in [0.15, 0.2) is 0 Å². The molecule has 0 amide bonds. The summed E-state index contributed by atoms with van der Waals surface area (Å²) in [5, 5.41) is 15.2. The average Bonchev–Trinajstić information content (AvgIpc) is 1.40. The van der Waals surface area contributed by atoms with Crippen LogP contribution < -0.4 is 0 Å². The quantitative estimate of drug-likeness (QED) is 0.144. The number of pyridine rings is 11. The van der Waals surface area contributed by atoms with Crippen LogP contribution in [-0.4, -0.2) is 54.8 Å². The van der Waals surface area contributed by atoms with Gasteiger partial charge < -0.3 is 30.9 Å². The highest BCUT2D eigenvalue weighted by atomic mass is 16.4. The third kappa shape index (κ3) is 19.1. The zero-order chi connectivity index (χ0) is 101. The summed E-state index contributed by atoms with van der Waals surface area (Å²) in [5.74, 6) is 0. The molecule has 18 aromatic heterocycles. The molecule has 0 fully saturated rings. The molecular weight excluding hydrogens is 1820 g/mol. The van der Waals surface area contributed by atoms with Crippen LogP contribution in [-0.2, 0) is 0 Å². The van der Waals surface area contributed by atoms with Crippen molar-refractivity contribution in [2.24, 2.45) is 0 Å². The van der Waals surface area contributed by atoms with E-state index in [-0.39, 0.29) is 0 Å². The molecule has 0 aliphatic carbocycles. The minimum atomic E-state index is 0.636. The highest BCUT2D eigenvalue weighted by Gasteiger charge is 2.21. The first-order chi connectivity index (χ1) is 71.5. The second-order valence-corrected chi connectivity index (χ2v) is 37.7. The van der Waals surface area contributed by atoms with E-state index >= 15 is 0 Å². The number of hydrogen-bond donors (Lipinski definition) is 0. The fraction of sp³-hybridized carbons (Fsp3) is 0.109. The molecule has 18 nitrogen and oxygen atoms in total. The van der Waals surface area contributed by atoms with E-state index in [1.165, 1.54) is 77.5 Å². The van der Waals surface area contributed by atoms with Crippen molar-refractivity contribution in [3.63, 3.8) is 0 Å². The van der Waals surface area contributed by atoms with Gasteiger partial charge in [0.2, 0.25) is 45.7 Å². The van der Waals surface area contributed by atoms with Crippen LogP contribution in [0.3, 0.4) is 0 Å². The van der Waals surface area contributed by atoms with E-state index in [0.717, 1.165) is 188 Å². The average molecular weight is 1920 g/mol. The first kappa shape index (κ1) is 93.4. The van der Waals surface area contributed by atoms with Gasteiger partial charge in [-0.15, -0.1) is 0 Å². The molecule has 18 heteroatoms. The summed E-state index contributed by atoms with van der Waals surface area (Å²) in [7, 11) is 0. The number of para-hydroxylation sites is 3. The molecule has 0 spiro atoms. The number of hydrogen-bond acceptors (Lipinski definition) is 18. The predicted molar refractivity (Wildman–Crippen MR) is 596 cm³/mol. The predicted octanol–water partition coefficient (Wildman–Crippen LogP) is 34.4. The van der Waals surface area contributed by atoms with Crippen LogP contribution in [0.4, 0.5) is 0 Å². The van der Waals surface area contributed by atoms with Crippen LogP contribution in [0.5, 0.6) is 0 Å². The zero-order valence-corrected chi connectivity index (χ0v) is 83.8. The summed E-state index contributed by atoms with van der Waals surface area (Å²) in [6.07, 6.45) is 12.7. The Labute approximate surface area is 847 Å². The molecule has 0 aliphatic heterocycles. The lowest BCUT2D eigenvalue weighted by Gasteiger charge is -2.04. The summed E-state index contributed by atoms with van der Waals surface area (Å²) >= 11 is 0. The van der Waals surface area contributed by atoms with E-state index in [0.29, 0.717) is 45.7 Å². The van der Waals surface area contributed by atoms with Crippen molar-refractivity contribution in [2.45, 2.75) is 96.9 Å². The van der Waals surface area contributed by atoms with Gasteiger partial charge in [0.25, 0.3) is 0 Å². The van der Waals surface area contributed by atoms with Crippen molar-refractivity contribution in [1.82, 2.24) is 54.8 Å². The topological polar surface area (TPSA) is 234 Å². The molecule has 18 heterocycles. The molecule has 0 unspecified atom stereocenters. The minimum absolute atomic E-state index is 0.636. The van der Waals surface area contributed by atoms with E-state index in [4.69, 9.17) is 35.9 Å². The Balaban J connectivity index is 0.0000000974. The van der Waals surface area contributed by atoms with Gasteiger partial charge in [0, 0.05) is 142 Å². The Morgan fingerprint density at radius 2 is 0.463 bits per heavy atom. The minimum Gasteiger partial charge on any atom is -0.456 e. The van der Waals surface area contributed by atoms with Crippen molar-refractivity contribution in [3.05, 3.63) is 437 Å². The van der Waals surface area contributed by atoms with Crippen LogP contribution >= 0.6 is 0 Å². The molecule has 10 aromatic carbocycles. The second-order valence-electron chi connectivity index (χ2n) is 37.7. The lowest BCUT2D eigenvalue weighted by molar-refractivity contribution is 0.640. The molecule has 0 saturated carbocycles. The standard InChI is InChI=1S/3C19H15NO.4C18H14N2O/c1-12-7-9-14(10-8-12)16-11-13(2)18-15-5-3-4-6-17(15)21-19(18)20-16;1-12-7-8-16(20-11-12)14-9-13(2)19-15-5-3-4-6-17(15)21-18(19)10-14;1-12-7-8-14(11-13(12)2)17-10-9-16-15-5-3-4-6-18(15)21-19(16)20-17;1-11-5-7-13(8-6-11)15-10-12(2)16-14-4-3-9-19-17(14)21-18(16)20-15;1-11-5-6-13(10-12(11)2)16-8-7-15-14-4-3-9-19-17(14)21-18(15)20-16;1-11-8-16(20-10-12(11)2)13-5-6-14-15-4-3-7-19-18(15)21-17(14)9-13;1-11-5-6-15(20-10-11)13-8-12(2)17-14-4-3-7-19-18(14)21-16(17)9-13/h3*3-11H,1-2H3;4*3-10H,1-2H3. The van der Waals surface area contributed by atoms with Crippen LogP contribution in [0.2, 0.25) is 0 Å². The first-order valence-electron chi connectivity index (χ1n) is 49.0. The number of rotatable bonds is 7. The molecule has 0 bridgehead atoms. The largest absolute Gasteiger partial charge is 0.456 e. The van der Waals surface area contributed by atoms with Gasteiger partial charge in [-0.2, -0.15) is 0 Å². The van der Waals surface area contributed by atoms with Crippen molar-refractivity contribution in [2.75, 3.05) is 0 Å². The van der Waals surface area contributed by atoms with Crippen LogP contribution in [0.15, 0.2) is 390 Å². The fourth-order valence-corrected chi connectivity index (χ4v) is 18.8. The Kier molecular flexibility index (Phi) is 25.3. The number of benzene rings is 10. The number of furan rings is 7. The maximum absolute atomic E-state index is 5.99. The van der Waals surface area contributed by atoms with E-state index < -0.39 is 0 Å². The van der Waals surface area contributed by atoms with E-state index in [2.05, 4.69) is 321 Å². The second kappa shape index (κ2) is 39.7. The molecule has 0 atom stereocenters. The van der Waals surface area contributed by atoms with Gasteiger partial charge in [-0.3, -0.25) is 15.0 Å². The fourth-order valence-electron chi connectivity index (χ4n) is 18.8. The summed E-state index contributed by atoms with van der Waals surface area (Å²) < 4.78 is 41.0. The molecular formula is C129H101N11O7. The van der Waals surface area contributed by atoms with E-state index in [1.54, 1.807) is 24.8 Å². The monoisotopic (exact) mass is 1920 g/mol. The summed E-state index contributed by atoms with van der Waals surface area (Å²) in [5.41, 5.74) is 42.1. The van der Waals surface area contributed by atoms with Gasteiger partial charge in [-0.25, -0.2) is 39.9 Å². The lowest BCUT2D eigenvalue weighted by atomic mass is 10.0. The maximum atomic E-state index is 5.99. The number of nitrogens with zero attached hydrogens (tertiary/aromatic N) is 11. The number of aryl methyl sites for hydroxylation is 14. The molecule has 28 aromatic rings. The van der Waals surface area contributed by atoms with Gasteiger partial charge in [0.05, 0.1) is 56.0 Å². The SMILES string of the molecule is Cc1ccc(-c2cc(C)c3c(c2)oc2ccccc23)nc1.Cc1ccc(-c2cc(C)c3c(c2)oc2ncccc23)nc1.Cc1ccc(-c2cc(C)c3c(n2)oc2ccccc23)cc1.Cc1ccc(-c2cc(C)c3c(n2)oc2ncccc23)cc1.Cc1ccc(-c2ccc3c(n2)oc2ccccc23)cc1C.Cc1ccc(-c2ccc3c(n2)oc2ncccc23)cc1C.Cc1cnc(-c2ccc3c(c2)oc2ncccc23)cc1C.